The highest BCUT2D eigenvalue weighted by atomic mass is 32.2. The molecule has 6 nitrogen and oxygen atoms in total. The molecule has 3 fully saturated rings. The van der Waals surface area contributed by atoms with Crippen molar-refractivity contribution in [2.75, 3.05) is 60.6 Å². The van der Waals surface area contributed by atoms with Crippen molar-refractivity contribution < 1.29 is 4.79 Å². The number of piperidine rings is 2. The molecule has 0 saturated carbocycles. The summed E-state index contributed by atoms with van der Waals surface area (Å²) in [4.78, 5) is 28.8. The van der Waals surface area contributed by atoms with Crippen LogP contribution in [0.1, 0.15) is 32.6 Å². The highest BCUT2D eigenvalue weighted by Gasteiger charge is 2.30. The van der Waals surface area contributed by atoms with E-state index in [0.717, 1.165) is 81.7 Å². The van der Waals surface area contributed by atoms with Gasteiger partial charge in [-0.15, -0.1) is 0 Å². The predicted octanol–water partition coefficient (Wildman–Crippen LogP) is 2.50. The van der Waals surface area contributed by atoms with Gasteiger partial charge in [0.25, 0.3) is 0 Å². The molecule has 27 heavy (non-hydrogen) atoms. The molecule has 1 atom stereocenters. The first-order valence-electron chi connectivity index (χ1n) is 10.4. The fourth-order valence-corrected chi connectivity index (χ4v) is 5.34. The zero-order chi connectivity index (χ0) is 18.6. The Bertz CT molecular complexity index is 626. The van der Waals surface area contributed by atoms with Gasteiger partial charge >= 0.3 is 0 Å². The molecule has 1 aromatic rings. The van der Waals surface area contributed by atoms with Gasteiger partial charge in [0.05, 0.1) is 18.1 Å². The van der Waals surface area contributed by atoms with Crippen molar-refractivity contribution in [1.29, 1.82) is 0 Å². The van der Waals surface area contributed by atoms with Gasteiger partial charge in [0.15, 0.2) is 0 Å². The Morgan fingerprint density at radius 3 is 2.37 bits per heavy atom. The Hall–Kier alpha value is -1.50. The molecular formula is C20H31N5OS. The van der Waals surface area contributed by atoms with E-state index < -0.39 is 0 Å². The Balaban J connectivity index is 1.30. The van der Waals surface area contributed by atoms with Gasteiger partial charge in [-0.1, -0.05) is 6.92 Å². The van der Waals surface area contributed by atoms with Crippen LogP contribution < -0.4 is 9.80 Å². The largest absolute Gasteiger partial charge is 0.369 e. The van der Waals surface area contributed by atoms with E-state index >= 15 is 0 Å². The molecule has 0 spiro atoms. The molecule has 0 aliphatic carbocycles. The van der Waals surface area contributed by atoms with Gasteiger partial charge in [0, 0.05) is 56.7 Å². The molecule has 0 bridgehead atoms. The lowest BCUT2D eigenvalue weighted by Gasteiger charge is -2.37. The van der Waals surface area contributed by atoms with Gasteiger partial charge in [-0.3, -0.25) is 4.79 Å². The highest BCUT2D eigenvalue weighted by molar-refractivity contribution is 7.99. The van der Waals surface area contributed by atoms with Crippen LogP contribution in [0.5, 0.6) is 0 Å². The molecule has 1 aromatic heterocycles. The van der Waals surface area contributed by atoms with E-state index in [1.807, 2.05) is 24.2 Å². The van der Waals surface area contributed by atoms with E-state index in [-0.39, 0.29) is 5.92 Å². The normalized spacial score (nSPS) is 24.9. The van der Waals surface area contributed by atoms with Crippen LogP contribution >= 0.6 is 11.8 Å². The highest BCUT2D eigenvalue weighted by Crippen LogP contribution is 2.26. The smallest absolute Gasteiger partial charge is 0.225 e. The van der Waals surface area contributed by atoms with Crippen LogP contribution in [0.3, 0.4) is 0 Å². The van der Waals surface area contributed by atoms with Gasteiger partial charge in [-0.25, -0.2) is 9.97 Å². The van der Waals surface area contributed by atoms with Crippen molar-refractivity contribution in [1.82, 2.24) is 14.9 Å². The van der Waals surface area contributed by atoms with Crippen LogP contribution in [-0.4, -0.2) is 71.5 Å². The average molecular weight is 390 g/mol. The van der Waals surface area contributed by atoms with Crippen molar-refractivity contribution in [2.45, 2.75) is 32.6 Å². The van der Waals surface area contributed by atoms with E-state index in [1.165, 1.54) is 6.42 Å². The average Bonchev–Trinajstić information content (AvgIpc) is 2.74. The second kappa shape index (κ2) is 8.67. The fraction of sp³-hybridized carbons (Fsp3) is 0.750. The van der Waals surface area contributed by atoms with E-state index in [0.29, 0.717) is 11.8 Å². The molecule has 4 heterocycles. The molecule has 1 amide bonds. The number of nitrogens with zero attached hydrogens (tertiary/aromatic N) is 5. The molecular weight excluding hydrogens is 358 g/mol. The lowest BCUT2D eigenvalue weighted by Crippen LogP contribution is -2.46. The van der Waals surface area contributed by atoms with E-state index in [1.54, 1.807) is 0 Å². The number of rotatable bonds is 3. The molecule has 3 aliphatic rings. The van der Waals surface area contributed by atoms with Crippen LogP contribution in [-0.2, 0) is 4.79 Å². The number of anilines is 2. The molecule has 148 valence electrons. The number of aromatic nitrogens is 2. The summed E-state index contributed by atoms with van der Waals surface area (Å²) in [7, 11) is 0. The monoisotopic (exact) mass is 389 g/mol. The predicted molar refractivity (Wildman–Crippen MR) is 111 cm³/mol. The Labute approximate surface area is 166 Å². The van der Waals surface area contributed by atoms with E-state index in [2.05, 4.69) is 31.6 Å². The summed E-state index contributed by atoms with van der Waals surface area (Å²) >= 11 is 2.00. The number of amides is 1. The number of carbonyl (C=O) groups is 1. The minimum atomic E-state index is 0.192. The van der Waals surface area contributed by atoms with Gasteiger partial charge < -0.3 is 14.7 Å². The summed E-state index contributed by atoms with van der Waals surface area (Å²) in [6.45, 7) is 8.07. The number of hydrogen-bond donors (Lipinski definition) is 0. The zero-order valence-electron chi connectivity index (χ0n) is 16.3. The molecule has 3 saturated heterocycles. The van der Waals surface area contributed by atoms with Crippen LogP contribution in [0, 0.1) is 11.8 Å². The van der Waals surface area contributed by atoms with Crippen molar-refractivity contribution in [3.63, 3.8) is 0 Å². The minimum Gasteiger partial charge on any atom is -0.369 e. The summed E-state index contributed by atoms with van der Waals surface area (Å²) < 4.78 is 0. The maximum absolute atomic E-state index is 12.8. The second-order valence-corrected chi connectivity index (χ2v) is 9.36. The number of hydrogen-bond acceptors (Lipinski definition) is 6. The number of carbonyl (C=O) groups excluding carboxylic acids is 1. The molecule has 0 N–H and O–H groups in total. The molecule has 0 aromatic carbocycles. The third-order valence-electron chi connectivity index (χ3n) is 6.10. The molecule has 3 aliphatic heterocycles. The Morgan fingerprint density at radius 2 is 1.70 bits per heavy atom. The topological polar surface area (TPSA) is 52.6 Å². The van der Waals surface area contributed by atoms with Gasteiger partial charge in [-0.05, 0) is 31.6 Å². The van der Waals surface area contributed by atoms with Crippen molar-refractivity contribution in [3.05, 3.63) is 12.4 Å². The summed E-state index contributed by atoms with van der Waals surface area (Å²) in [5, 5.41) is 0. The van der Waals surface area contributed by atoms with Gasteiger partial charge in [0.1, 0.15) is 0 Å². The van der Waals surface area contributed by atoms with E-state index in [4.69, 9.17) is 0 Å². The summed E-state index contributed by atoms with van der Waals surface area (Å²) in [6, 6.07) is 0. The molecule has 7 heteroatoms. The van der Waals surface area contributed by atoms with Crippen LogP contribution in [0.25, 0.3) is 0 Å². The zero-order valence-corrected chi connectivity index (χ0v) is 17.2. The second-order valence-electron chi connectivity index (χ2n) is 8.13. The van der Waals surface area contributed by atoms with Crippen molar-refractivity contribution in [3.8, 4) is 0 Å². The number of likely N-dealkylation sites (tertiary alicyclic amines) is 1. The first-order valence-corrected chi connectivity index (χ1v) is 11.5. The lowest BCUT2D eigenvalue weighted by molar-refractivity contribution is -0.137. The summed E-state index contributed by atoms with van der Waals surface area (Å²) in [5.74, 6) is 4.39. The summed E-state index contributed by atoms with van der Waals surface area (Å²) in [6.07, 6.45) is 8.21. The number of thioether (sulfide) groups is 1. The molecule has 1 unspecified atom stereocenters. The SMILES string of the molecule is CC1CCCN(C(=O)C2CCN(c3cnc(N4CCSCC4)nc3)CC2)C1. The minimum absolute atomic E-state index is 0.192. The standard InChI is InChI=1S/C20H31N5OS/c1-16-3-2-6-25(15-16)19(26)17-4-7-23(8-5-17)18-13-21-20(22-14-18)24-9-11-27-12-10-24/h13-14,16-17H,2-12,15H2,1H3. The van der Waals surface area contributed by atoms with E-state index in [9.17, 15) is 4.79 Å². The van der Waals surface area contributed by atoms with Crippen molar-refractivity contribution in [2.24, 2.45) is 11.8 Å². The van der Waals surface area contributed by atoms with Crippen LogP contribution in [0.4, 0.5) is 11.6 Å². The van der Waals surface area contributed by atoms with Crippen LogP contribution in [0.2, 0.25) is 0 Å². The third-order valence-corrected chi connectivity index (χ3v) is 7.04. The quantitative estimate of drug-likeness (QED) is 0.792. The Kier molecular flexibility index (Phi) is 6.05. The molecule has 0 radical (unpaired) electrons. The Morgan fingerprint density at radius 1 is 1.00 bits per heavy atom. The maximum Gasteiger partial charge on any atom is 0.225 e. The maximum atomic E-state index is 12.8. The first-order chi connectivity index (χ1) is 13.2. The molecule has 4 rings (SSSR count). The first kappa shape index (κ1) is 18.8. The van der Waals surface area contributed by atoms with Gasteiger partial charge in [0.2, 0.25) is 11.9 Å². The third kappa shape index (κ3) is 4.50. The lowest BCUT2D eigenvalue weighted by atomic mass is 9.92. The van der Waals surface area contributed by atoms with Gasteiger partial charge in [-0.2, -0.15) is 11.8 Å². The van der Waals surface area contributed by atoms with Crippen LogP contribution in [0.15, 0.2) is 12.4 Å². The van der Waals surface area contributed by atoms with Crippen molar-refractivity contribution >= 4 is 29.3 Å². The fourth-order valence-electron chi connectivity index (χ4n) is 4.44. The summed E-state index contributed by atoms with van der Waals surface area (Å²) in [5.41, 5.74) is 1.09.